The van der Waals surface area contributed by atoms with Crippen molar-refractivity contribution in [1.82, 2.24) is 21.3 Å². The zero-order valence-corrected chi connectivity index (χ0v) is 23.0. The van der Waals surface area contributed by atoms with Crippen LogP contribution in [0.3, 0.4) is 0 Å². The van der Waals surface area contributed by atoms with Crippen molar-refractivity contribution in [2.75, 3.05) is 6.67 Å². The molecule has 0 rings (SSSR count). The van der Waals surface area contributed by atoms with E-state index in [0.29, 0.717) is 0 Å². The molecule has 12 heteroatoms. The average Bonchev–Trinajstić information content (AvgIpc) is 2.94. The number of hydrogen-bond acceptors (Lipinski definition) is 6. The summed E-state index contributed by atoms with van der Waals surface area (Å²) >= 11 is 0. The standard InChI is InChI=1S/C31H24N4O8/c1-3-4-5-6-7-8-9-10-11-12-13-14-15-16-17-18-27(37)35-26(20-22-29(40)41)31(43)33-23-32-30(42)25(34-24(2)36)19-21-28(38)39/h25-26H,19-23H2,1-2H3,(H,32,42)(H,33,43)(H,34,36)(H,35,37)(H,38,39)(H,40,41). The summed E-state index contributed by atoms with van der Waals surface area (Å²) in [6.07, 6.45) is -1.34. The van der Waals surface area contributed by atoms with Gasteiger partial charge < -0.3 is 31.5 Å². The lowest BCUT2D eigenvalue weighted by Crippen LogP contribution is -2.52. The lowest BCUT2D eigenvalue weighted by Gasteiger charge is -2.19. The van der Waals surface area contributed by atoms with E-state index in [2.05, 4.69) is 116 Å². The van der Waals surface area contributed by atoms with Gasteiger partial charge in [0.05, 0.1) is 6.67 Å². The predicted octanol–water partition coefficient (Wildman–Crippen LogP) is -2.06. The molecule has 216 valence electrons. The molecule has 0 bridgehead atoms. The molecule has 0 fully saturated rings. The zero-order valence-electron chi connectivity index (χ0n) is 23.0. The molecule has 0 spiro atoms. The third-order valence-electron chi connectivity index (χ3n) is 4.25. The number of amides is 4. The molecule has 0 radical (unpaired) electrons. The van der Waals surface area contributed by atoms with Crippen molar-refractivity contribution in [3.8, 4) is 94.7 Å². The Labute approximate surface area is 248 Å². The largest absolute Gasteiger partial charge is 0.481 e. The molecule has 0 aromatic heterocycles. The zero-order chi connectivity index (χ0) is 32.3. The van der Waals surface area contributed by atoms with Crippen LogP contribution >= 0.6 is 0 Å². The summed E-state index contributed by atoms with van der Waals surface area (Å²) in [5.41, 5.74) is 0. The minimum Gasteiger partial charge on any atom is -0.481 e. The summed E-state index contributed by atoms with van der Waals surface area (Å²) < 4.78 is 0. The quantitative estimate of drug-likeness (QED) is 0.112. The van der Waals surface area contributed by atoms with E-state index in [1.807, 2.05) is 0 Å². The van der Waals surface area contributed by atoms with Crippen LogP contribution in [0.25, 0.3) is 0 Å². The Kier molecular flexibility index (Phi) is 19.6. The molecule has 43 heavy (non-hydrogen) atoms. The van der Waals surface area contributed by atoms with Gasteiger partial charge in [-0.25, -0.2) is 0 Å². The van der Waals surface area contributed by atoms with Gasteiger partial charge in [0.2, 0.25) is 17.7 Å². The Balaban J connectivity index is 5.05. The molecular formula is C31H24N4O8. The fourth-order valence-corrected chi connectivity index (χ4v) is 2.50. The number of carbonyl (C=O) groups excluding carboxylic acids is 4. The summed E-state index contributed by atoms with van der Waals surface area (Å²) in [4.78, 5) is 69.9. The molecule has 0 aromatic carbocycles. The highest BCUT2D eigenvalue weighted by Crippen LogP contribution is 2.00. The summed E-state index contributed by atoms with van der Waals surface area (Å²) in [7, 11) is 0. The van der Waals surface area contributed by atoms with Gasteiger partial charge in [-0.1, -0.05) is 5.92 Å². The number of aliphatic carboxylic acids is 2. The van der Waals surface area contributed by atoms with Crippen molar-refractivity contribution >= 4 is 35.6 Å². The summed E-state index contributed by atoms with van der Waals surface area (Å²) in [5, 5.41) is 26.9. The van der Waals surface area contributed by atoms with Crippen LogP contribution in [-0.2, 0) is 28.8 Å². The minimum absolute atomic E-state index is 0.191. The first kappa shape index (κ1) is 36.3. The topological polar surface area (TPSA) is 191 Å². The Morgan fingerprint density at radius 1 is 0.581 bits per heavy atom. The molecule has 0 aliphatic carbocycles. The third-order valence-corrected chi connectivity index (χ3v) is 4.25. The minimum atomic E-state index is -1.32. The van der Waals surface area contributed by atoms with Gasteiger partial charge >= 0.3 is 11.9 Å². The van der Waals surface area contributed by atoms with Crippen LogP contribution in [0.15, 0.2) is 0 Å². The smallest absolute Gasteiger partial charge is 0.303 e. The maximum absolute atomic E-state index is 12.5. The van der Waals surface area contributed by atoms with Gasteiger partial charge in [0.1, 0.15) is 12.1 Å². The molecule has 2 unspecified atom stereocenters. The van der Waals surface area contributed by atoms with Crippen molar-refractivity contribution in [3.05, 3.63) is 0 Å². The lowest BCUT2D eigenvalue weighted by molar-refractivity contribution is -0.138. The fraction of sp³-hybridized carbons (Fsp3) is 0.290. The van der Waals surface area contributed by atoms with Crippen molar-refractivity contribution in [2.45, 2.75) is 51.6 Å². The highest BCUT2D eigenvalue weighted by Gasteiger charge is 2.23. The molecule has 6 N–H and O–H groups in total. The number of carbonyl (C=O) groups is 6. The van der Waals surface area contributed by atoms with Crippen LogP contribution in [-0.4, -0.2) is 64.5 Å². The van der Waals surface area contributed by atoms with E-state index in [1.165, 1.54) is 0 Å². The van der Waals surface area contributed by atoms with Crippen LogP contribution in [0.4, 0.5) is 0 Å². The van der Waals surface area contributed by atoms with Gasteiger partial charge in [0, 0.05) is 25.7 Å². The van der Waals surface area contributed by atoms with E-state index in [9.17, 15) is 28.8 Å². The van der Waals surface area contributed by atoms with Gasteiger partial charge in [0.15, 0.2) is 0 Å². The fourth-order valence-electron chi connectivity index (χ4n) is 2.50. The van der Waals surface area contributed by atoms with Crippen molar-refractivity contribution < 1.29 is 39.0 Å². The molecular weight excluding hydrogens is 556 g/mol. The SMILES string of the molecule is CC#CC#CC#CC#CC#CC#CC#CC#CC(=O)NC(CCC(=O)O)C(=O)NCNC(=O)C(CCC(=O)O)NC(C)=O. The van der Waals surface area contributed by atoms with Gasteiger partial charge in [-0.05, 0) is 103 Å². The second-order valence-electron chi connectivity index (χ2n) is 7.53. The second kappa shape index (κ2) is 23.2. The van der Waals surface area contributed by atoms with Gasteiger partial charge in [0.25, 0.3) is 5.91 Å². The normalized spacial score (nSPS) is 9.16. The molecule has 0 aliphatic heterocycles. The van der Waals surface area contributed by atoms with E-state index in [-0.39, 0.29) is 12.8 Å². The van der Waals surface area contributed by atoms with E-state index in [1.54, 1.807) is 6.92 Å². The van der Waals surface area contributed by atoms with Crippen LogP contribution in [0, 0.1) is 94.7 Å². The maximum atomic E-state index is 12.5. The number of hydrogen-bond donors (Lipinski definition) is 6. The molecule has 0 saturated carbocycles. The van der Waals surface area contributed by atoms with Crippen LogP contribution in [0.2, 0.25) is 0 Å². The predicted molar refractivity (Wildman–Crippen MR) is 152 cm³/mol. The first-order valence-corrected chi connectivity index (χ1v) is 12.1. The molecule has 12 nitrogen and oxygen atoms in total. The Morgan fingerprint density at radius 2 is 0.953 bits per heavy atom. The number of carboxylic acid groups (broad SMARTS) is 2. The molecule has 0 aromatic rings. The van der Waals surface area contributed by atoms with Gasteiger partial charge in [-0.15, -0.1) is 0 Å². The van der Waals surface area contributed by atoms with E-state index in [0.717, 1.165) is 6.92 Å². The lowest BCUT2D eigenvalue weighted by atomic mass is 10.1. The summed E-state index contributed by atoms with van der Waals surface area (Å²) in [6.45, 7) is 2.34. The van der Waals surface area contributed by atoms with Crippen molar-refractivity contribution in [1.29, 1.82) is 0 Å². The molecule has 0 aliphatic rings. The van der Waals surface area contributed by atoms with Crippen molar-refractivity contribution in [2.24, 2.45) is 0 Å². The second-order valence-corrected chi connectivity index (χ2v) is 7.53. The third kappa shape index (κ3) is 21.9. The summed E-state index contributed by atoms with van der Waals surface area (Å²) in [6, 6.07) is -2.48. The monoisotopic (exact) mass is 580 g/mol. The van der Waals surface area contributed by atoms with Crippen molar-refractivity contribution in [3.63, 3.8) is 0 Å². The molecule has 0 heterocycles. The maximum Gasteiger partial charge on any atom is 0.303 e. The Hall–Kier alpha value is -6.70. The van der Waals surface area contributed by atoms with Crippen LogP contribution in [0.5, 0.6) is 0 Å². The van der Waals surface area contributed by atoms with Gasteiger partial charge in [-0.2, -0.15) is 0 Å². The first-order chi connectivity index (χ1) is 20.6. The van der Waals surface area contributed by atoms with E-state index in [4.69, 9.17) is 10.2 Å². The number of nitrogens with one attached hydrogen (secondary N) is 4. The van der Waals surface area contributed by atoms with Gasteiger partial charge in [-0.3, -0.25) is 28.8 Å². The highest BCUT2D eigenvalue weighted by molar-refractivity contribution is 5.97. The van der Waals surface area contributed by atoms with E-state index >= 15 is 0 Å². The molecule has 0 saturated heterocycles. The average molecular weight is 581 g/mol. The van der Waals surface area contributed by atoms with E-state index < -0.39 is 67.2 Å². The number of carboxylic acids is 2. The first-order valence-electron chi connectivity index (χ1n) is 12.1. The van der Waals surface area contributed by atoms with Crippen LogP contribution < -0.4 is 21.3 Å². The Bertz CT molecular complexity index is 1620. The van der Waals surface area contributed by atoms with Crippen LogP contribution in [0.1, 0.15) is 39.5 Å². The Morgan fingerprint density at radius 3 is 1.33 bits per heavy atom. The summed E-state index contributed by atoms with van der Waals surface area (Å²) in [5.74, 6) is 32.9. The molecule has 2 atom stereocenters. The number of rotatable bonds is 12. The molecule has 4 amide bonds. The highest BCUT2D eigenvalue weighted by atomic mass is 16.4.